The number of aromatic amines is 1. The maximum atomic E-state index is 6.14. The molecule has 0 bridgehead atoms. The van der Waals surface area contributed by atoms with Gasteiger partial charge in [0, 0.05) is 33.2 Å². The molecule has 2 nitrogen and oxygen atoms in total. The standard InChI is InChI=1S/C18H13ClN2/c1-11-17(12-5-3-2-4-6-12)15-10-20-16-8-7-13(19)9-14(16)18(15)21-11/h2-10,21H,1H3. The molecule has 2 aromatic heterocycles. The van der Waals surface area contributed by atoms with Gasteiger partial charge in [-0.15, -0.1) is 0 Å². The maximum Gasteiger partial charge on any atom is 0.0724 e. The highest BCUT2D eigenvalue weighted by Gasteiger charge is 2.13. The van der Waals surface area contributed by atoms with Crippen molar-refractivity contribution in [2.24, 2.45) is 0 Å². The zero-order valence-corrected chi connectivity index (χ0v) is 12.3. The second-order valence-corrected chi connectivity index (χ2v) is 5.64. The van der Waals surface area contributed by atoms with Crippen molar-refractivity contribution < 1.29 is 0 Å². The van der Waals surface area contributed by atoms with Gasteiger partial charge in [-0.25, -0.2) is 0 Å². The Morgan fingerprint density at radius 2 is 1.81 bits per heavy atom. The van der Waals surface area contributed by atoms with Crippen molar-refractivity contribution in [1.29, 1.82) is 0 Å². The van der Waals surface area contributed by atoms with E-state index in [1.165, 1.54) is 11.1 Å². The van der Waals surface area contributed by atoms with Crippen LogP contribution in [-0.4, -0.2) is 9.97 Å². The third-order valence-electron chi connectivity index (χ3n) is 3.85. The number of halogens is 1. The minimum Gasteiger partial charge on any atom is -0.357 e. The zero-order chi connectivity index (χ0) is 14.4. The van der Waals surface area contributed by atoms with Crippen molar-refractivity contribution in [3.8, 4) is 11.1 Å². The van der Waals surface area contributed by atoms with E-state index in [9.17, 15) is 0 Å². The monoisotopic (exact) mass is 292 g/mol. The van der Waals surface area contributed by atoms with Crippen LogP contribution >= 0.6 is 11.6 Å². The van der Waals surface area contributed by atoms with Crippen LogP contribution in [0.25, 0.3) is 32.9 Å². The average molecular weight is 293 g/mol. The van der Waals surface area contributed by atoms with Gasteiger partial charge in [-0.2, -0.15) is 0 Å². The molecule has 0 atom stereocenters. The fourth-order valence-electron chi connectivity index (χ4n) is 2.92. The molecular weight excluding hydrogens is 280 g/mol. The van der Waals surface area contributed by atoms with Gasteiger partial charge in [0.2, 0.25) is 0 Å². The lowest BCUT2D eigenvalue weighted by Crippen LogP contribution is -1.81. The summed E-state index contributed by atoms with van der Waals surface area (Å²) >= 11 is 6.14. The highest BCUT2D eigenvalue weighted by Crippen LogP contribution is 2.35. The molecule has 3 heteroatoms. The molecule has 0 aliphatic carbocycles. The number of nitrogens with zero attached hydrogens (tertiary/aromatic N) is 1. The van der Waals surface area contributed by atoms with E-state index in [2.05, 4.69) is 41.2 Å². The Hall–Kier alpha value is -2.32. The molecule has 21 heavy (non-hydrogen) atoms. The molecular formula is C18H13ClN2. The molecule has 4 aromatic rings. The van der Waals surface area contributed by atoms with Gasteiger partial charge >= 0.3 is 0 Å². The van der Waals surface area contributed by atoms with Crippen LogP contribution in [0.2, 0.25) is 5.02 Å². The fraction of sp³-hybridized carbons (Fsp3) is 0.0556. The van der Waals surface area contributed by atoms with Gasteiger partial charge in [-0.05, 0) is 30.7 Å². The largest absolute Gasteiger partial charge is 0.357 e. The number of aromatic nitrogens is 2. The molecule has 0 unspecified atom stereocenters. The minimum absolute atomic E-state index is 0.727. The second-order valence-electron chi connectivity index (χ2n) is 5.20. The molecule has 0 saturated heterocycles. The van der Waals surface area contributed by atoms with Crippen LogP contribution in [0.4, 0.5) is 0 Å². The van der Waals surface area contributed by atoms with Crippen LogP contribution in [0.3, 0.4) is 0 Å². The van der Waals surface area contributed by atoms with Crippen LogP contribution < -0.4 is 0 Å². The number of nitrogens with one attached hydrogen (secondary N) is 1. The Balaban J connectivity index is 2.13. The summed E-state index contributed by atoms with van der Waals surface area (Å²) in [5.41, 5.74) is 5.60. The first-order chi connectivity index (χ1) is 10.2. The van der Waals surface area contributed by atoms with E-state index in [0.29, 0.717) is 0 Å². The van der Waals surface area contributed by atoms with Gasteiger partial charge in [0.05, 0.1) is 11.0 Å². The van der Waals surface area contributed by atoms with E-state index in [1.54, 1.807) is 0 Å². The molecule has 2 aromatic carbocycles. The SMILES string of the molecule is Cc1[nH]c2c(cnc3ccc(Cl)cc32)c1-c1ccccc1. The first-order valence-electron chi connectivity index (χ1n) is 6.86. The lowest BCUT2D eigenvalue weighted by atomic mass is 10.0. The Labute approximate surface area is 127 Å². The summed E-state index contributed by atoms with van der Waals surface area (Å²) in [5.74, 6) is 0. The predicted octanol–water partition coefficient (Wildman–Crippen LogP) is 5.34. The molecule has 0 spiro atoms. The first kappa shape index (κ1) is 12.4. The average Bonchev–Trinajstić information content (AvgIpc) is 2.84. The number of H-pyrrole nitrogens is 1. The van der Waals surface area contributed by atoms with Gasteiger partial charge in [0.25, 0.3) is 0 Å². The number of fused-ring (bicyclic) bond motifs is 3. The van der Waals surface area contributed by atoms with E-state index < -0.39 is 0 Å². The highest BCUT2D eigenvalue weighted by molar-refractivity contribution is 6.31. The van der Waals surface area contributed by atoms with Crippen molar-refractivity contribution in [2.75, 3.05) is 0 Å². The van der Waals surface area contributed by atoms with E-state index in [-0.39, 0.29) is 0 Å². The molecule has 0 saturated carbocycles. The Bertz CT molecular complexity index is 955. The van der Waals surface area contributed by atoms with Crippen molar-refractivity contribution in [1.82, 2.24) is 9.97 Å². The van der Waals surface area contributed by atoms with Crippen LogP contribution in [-0.2, 0) is 0 Å². The number of hydrogen-bond donors (Lipinski definition) is 1. The van der Waals surface area contributed by atoms with E-state index in [0.717, 1.165) is 32.5 Å². The van der Waals surface area contributed by atoms with Crippen molar-refractivity contribution >= 4 is 33.4 Å². The number of pyridine rings is 1. The van der Waals surface area contributed by atoms with Crippen molar-refractivity contribution in [3.63, 3.8) is 0 Å². The van der Waals surface area contributed by atoms with Gasteiger partial charge in [-0.1, -0.05) is 41.9 Å². The summed E-state index contributed by atoms with van der Waals surface area (Å²) < 4.78 is 0. The number of benzene rings is 2. The maximum absolute atomic E-state index is 6.14. The number of rotatable bonds is 1. The van der Waals surface area contributed by atoms with Gasteiger partial charge in [0.15, 0.2) is 0 Å². The number of hydrogen-bond acceptors (Lipinski definition) is 1. The van der Waals surface area contributed by atoms with Crippen LogP contribution in [0.1, 0.15) is 5.69 Å². The lowest BCUT2D eigenvalue weighted by molar-refractivity contribution is 1.30. The molecule has 0 aliphatic rings. The summed E-state index contributed by atoms with van der Waals surface area (Å²) in [6, 6.07) is 16.2. The van der Waals surface area contributed by atoms with E-state index in [4.69, 9.17) is 11.6 Å². The van der Waals surface area contributed by atoms with Gasteiger partial charge in [-0.3, -0.25) is 4.98 Å². The molecule has 0 aliphatic heterocycles. The Kier molecular flexibility index (Phi) is 2.72. The molecule has 4 rings (SSSR count). The summed E-state index contributed by atoms with van der Waals surface area (Å²) in [7, 11) is 0. The van der Waals surface area contributed by atoms with Crippen LogP contribution in [0.5, 0.6) is 0 Å². The molecule has 2 heterocycles. The third kappa shape index (κ3) is 1.91. The highest BCUT2D eigenvalue weighted by atomic mass is 35.5. The normalized spacial score (nSPS) is 11.3. The van der Waals surface area contributed by atoms with E-state index in [1.807, 2.05) is 30.5 Å². The smallest absolute Gasteiger partial charge is 0.0724 e. The summed E-state index contributed by atoms with van der Waals surface area (Å²) in [4.78, 5) is 8.07. The first-order valence-corrected chi connectivity index (χ1v) is 7.24. The molecule has 0 amide bonds. The molecule has 102 valence electrons. The Morgan fingerprint density at radius 3 is 2.62 bits per heavy atom. The van der Waals surface area contributed by atoms with Crippen molar-refractivity contribution in [2.45, 2.75) is 6.92 Å². The topological polar surface area (TPSA) is 28.7 Å². The van der Waals surface area contributed by atoms with Gasteiger partial charge in [0.1, 0.15) is 0 Å². The summed E-state index contributed by atoms with van der Waals surface area (Å²) in [6.45, 7) is 2.10. The minimum atomic E-state index is 0.727. The number of aryl methyl sites for hydroxylation is 1. The van der Waals surface area contributed by atoms with E-state index >= 15 is 0 Å². The lowest BCUT2D eigenvalue weighted by Gasteiger charge is -2.02. The molecule has 1 N–H and O–H groups in total. The quantitative estimate of drug-likeness (QED) is 0.503. The summed E-state index contributed by atoms with van der Waals surface area (Å²) in [5, 5.41) is 2.92. The second kappa shape index (κ2) is 4.61. The summed E-state index contributed by atoms with van der Waals surface area (Å²) in [6.07, 6.45) is 1.94. The Morgan fingerprint density at radius 1 is 1.00 bits per heavy atom. The molecule has 0 radical (unpaired) electrons. The predicted molar refractivity (Wildman–Crippen MR) is 88.8 cm³/mol. The van der Waals surface area contributed by atoms with Crippen LogP contribution in [0, 0.1) is 6.92 Å². The molecule has 0 fully saturated rings. The third-order valence-corrected chi connectivity index (χ3v) is 4.08. The zero-order valence-electron chi connectivity index (χ0n) is 11.5. The van der Waals surface area contributed by atoms with Crippen LogP contribution in [0.15, 0.2) is 54.7 Å². The van der Waals surface area contributed by atoms with Crippen molar-refractivity contribution in [3.05, 3.63) is 65.4 Å². The van der Waals surface area contributed by atoms with Gasteiger partial charge < -0.3 is 4.98 Å². The fourth-order valence-corrected chi connectivity index (χ4v) is 3.09.